The second-order valence-corrected chi connectivity index (χ2v) is 2.58. The van der Waals surface area contributed by atoms with E-state index in [0.717, 1.165) is 9.13 Å². The lowest BCUT2D eigenvalue weighted by atomic mass is 10.4. The van der Waals surface area contributed by atoms with E-state index in [4.69, 9.17) is 0 Å². The van der Waals surface area contributed by atoms with E-state index in [1.807, 2.05) is 0 Å². The highest BCUT2D eigenvalue weighted by Crippen LogP contribution is 1.89. The van der Waals surface area contributed by atoms with Gasteiger partial charge in [0.15, 0.2) is 0 Å². The molecule has 0 aromatic heterocycles. The van der Waals surface area contributed by atoms with Crippen molar-refractivity contribution in [1.29, 1.82) is 0 Å². The molecule has 0 nitrogen and oxygen atoms in total. The Morgan fingerprint density at radius 3 is 2.67 bits per heavy atom. The van der Waals surface area contributed by atoms with Crippen LogP contribution in [0.2, 0.25) is 6.04 Å². The molecule has 1 aliphatic heterocycles. The lowest BCUT2D eigenvalue weighted by Gasteiger charge is -1.87. The first-order chi connectivity index (χ1) is 3.00. The van der Waals surface area contributed by atoms with E-state index in [2.05, 4.69) is 17.8 Å². The fraction of sp³-hybridized carbons (Fsp3) is 0.400. The smallest absolute Gasteiger partial charge is 0.0195 e. The van der Waals surface area contributed by atoms with E-state index in [1.54, 1.807) is 0 Å². The number of hydrogen-bond donors (Lipinski definition) is 0. The van der Waals surface area contributed by atoms with Crippen LogP contribution in [-0.2, 0) is 0 Å². The summed E-state index contributed by atoms with van der Waals surface area (Å²) in [6, 6.07) is 1.39. The van der Waals surface area contributed by atoms with Gasteiger partial charge in [0.25, 0.3) is 0 Å². The van der Waals surface area contributed by atoms with Crippen molar-refractivity contribution >= 4 is 14.8 Å². The lowest BCUT2D eigenvalue weighted by molar-refractivity contribution is 1.21. The SMILES string of the molecule is C1=CCC[Si]=C1. The molecular weight excluding hydrogens is 88.1 g/mol. The maximum Gasteiger partial charge on any atom is 0.0195 e. The fourth-order valence-corrected chi connectivity index (χ4v) is 1.25. The molecule has 0 bridgehead atoms. The predicted octanol–water partition coefficient (Wildman–Crippen LogP) is 0.871. The van der Waals surface area contributed by atoms with Gasteiger partial charge in [0.2, 0.25) is 0 Å². The van der Waals surface area contributed by atoms with Crippen molar-refractivity contribution in [2.45, 2.75) is 12.5 Å². The highest BCUT2D eigenvalue weighted by Gasteiger charge is 1.78. The average Bonchev–Trinajstić information content (AvgIpc) is 1.72. The predicted molar refractivity (Wildman–Crippen MR) is 30.4 cm³/mol. The Labute approximate surface area is 40.3 Å². The Hall–Kier alpha value is -0.173. The first kappa shape index (κ1) is 4.00. The number of rotatable bonds is 0. The van der Waals surface area contributed by atoms with Crippen molar-refractivity contribution in [3.8, 4) is 0 Å². The van der Waals surface area contributed by atoms with Crippen molar-refractivity contribution in [1.82, 2.24) is 0 Å². The van der Waals surface area contributed by atoms with Crippen LogP contribution in [0.4, 0.5) is 0 Å². The molecule has 1 rings (SSSR count). The van der Waals surface area contributed by atoms with Crippen LogP contribution in [0, 0.1) is 0 Å². The molecule has 0 saturated heterocycles. The Morgan fingerprint density at radius 1 is 1.50 bits per heavy atom. The summed E-state index contributed by atoms with van der Waals surface area (Å²) in [6.45, 7) is 0. The molecule has 0 atom stereocenters. The summed E-state index contributed by atoms with van der Waals surface area (Å²) in [5.41, 5.74) is 2.24. The molecule has 1 heterocycles. The third-order valence-corrected chi connectivity index (χ3v) is 1.81. The van der Waals surface area contributed by atoms with Crippen molar-refractivity contribution in [2.24, 2.45) is 0 Å². The summed E-state index contributed by atoms with van der Waals surface area (Å²) < 4.78 is 0. The van der Waals surface area contributed by atoms with Gasteiger partial charge in [-0.15, -0.1) is 0 Å². The van der Waals surface area contributed by atoms with E-state index >= 15 is 0 Å². The van der Waals surface area contributed by atoms with Gasteiger partial charge in [0.05, 0.1) is 0 Å². The van der Waals surface area contributed by atoms with Gasteiger partial charge < -0.3 is 0 Å². The van der Waals surface area contributed by atoms with Gasteiger partial charge in [0.1, 0.15) is 0 Å². The van der Waals surface area contributed by atoms with Gasteiger partial charge in [0, 0.05) is 9.13 Å². The van der Waals surface area contributed by atoms with Crippen LogP contribution >= 0.6 is 0 Å². The highest BCUT2D eigenvalue weighted by atomic mass is 28.2. The lowest BCUT2D eigenvalue weighted by Crippen LogP contribution is -1.84. The van der Waals surface area contributed by atoms with E-state index in [0.29, 0.717) is 0 Å². The van der Waals surface area contributed by atoms with Gasteiger partial charge in [-0.25, -0.2) is 0 Å². The maximum absolute atomic E-state index is 2.24. The molecule has 31 valence electrons. The highest BCUT2D eigenvalue weighted by molar-refractivity contribution is 6.49. The van der Waals surface area contributed by atoms with Gasteiger partial charge in [-0.2, -0.15) is 0 Å². The van der Waals surface area contributed by atoms with Crippen LogP contribution in [0.3, 0.4) is 0 Å². The quantitative estimate of drug-likeness (QED) is 0.392. The minimum Gasteiger partial charge on any atom is -0.0849 e. The maximum atomic E-state index is 2.24. The largest absolute Gasteiger partial charge is 0.0849 e. The van der Waals surface area contributed by atoms with Gasteiger partial charge in [-0.1, -0.05) is 17.8 Å². The van der Waals surface area contributed by atoms with Gasteiger partial charge >= 0.3 is 0 Å². The monoisotopic (exact) mass is 95.0 g/mol. The molecule has 0 fully saturated rings. The Bertz CT molecular complexity index is 69.9. The zero-order chi connectivity index (χ0) is 4.24. The molecule has 0 aromatic carbocycles. The standard InChI is InChI=1S/C5H7Si/c1-2-4-6-5-3-1/h1-2,4H,3,5H2. The van der Waals surface area contributed by atoms with Gasteiger partial charge in [-0.3, -0.25) is 0 Å². The van der Waals surface area contributed by atoms with E-state index < -0.39 is 0 Å². The van der Waals surface area contributed by atoms with E-state index in [1.165, 1.54) is 12.5 Å². The van der Waals surface area contributed by atoms with Crippen molar-refractivity contribution in [3.63, 3.8) is 0 Å². The summed E-state index contributed by atoms with van der Waals surface area (Å²) in [4.78, 5) is 0. The van der Waals surface area contributed by atoms with E-state index in [9.17, 15) is 0 Å². The molecule has 0 aliphatic carbocycles. The molecule has 1 heteroatoms. The first-order valence-electron chi connectivity index (χ1n) is 2.22. The van der Waals surface area contributed by atoms with Crippen LogP contribution < -0.4 is 0 Å². The molecule has 0 N–H and O–H groups in total. The molecule has 1 aliphatic rings. The molecular formula is C5H7Si. The van der Waals surface area contributed by atoms with Crippen LogP contribution in [0.15, 0.2) is 12.2 Å². The molecule has 0 saturated carbocycles. The summed E-state index contributed by atoms with van der Waals surface area (Å²) in [5, 5.41) is 0. The van der Waals surface area contributed by atoms with Crippen LogP contribution in [-0.4, -0.2) is 14.8 Å². The molecule has 0 unspecified atom stereocenters. The van der Waals surface area contributed by atoms with Crippen LogP contribution in [0.25, 0.3) is 0 Å². The topological polar surface area (TPSA) is 0 Å². The molecule has 1 radical (unpaired) electrons. The fourth-order valence-electron chi connectivity index (χ4n) is 0.482. The van der Waals surface area contributed by atoms with Crippen LogP contribution in [0.1, 0.15) is 6.42 Å². The third kappa shape index (κ3) is 0.901. The summed E-state index contributed by atoms with van der Waals surface area (Å²) >= 11 is 0. The van der Waals surface area contributed by atoms with Crippen molar-refractivity contribution in [2.75, 3.05) is 0 Å². The molecule has 0 spiro atoms. The molecule has 0 aromatic rings. The minimum atomic E-state index is 1.09. The molecule has 6 heavy (non-hydrogen) atoms. The number of hydrogen-bond acceptors (Lipinski definition) is 0. The first-order valence-corrected chi connectivity index (χ1v) is 3.50. The Balaban J connectivity index is 2.46. The zero-order valence-corrected chi connectivity index (χ0v) is 4.65. The minimum absolute atomic E-state index is 1.09. The van der Waals surface area contributed by atoms with E-state index in [-0.39, 0.29) is 0 Å². The van der Waals surface area contributed by atoms with Crippen LogP contribution in [0.5, 0.6) is 0 Å². The molecule has 0 amide bonds. The van der Waals surface area contributed by atoms with Gasteiger partial charge in [-0.05, 0) is 12.5 Å². The Morgan fingerprint density at radius 2 is 2.50 bits per heavy atom. The second-order valence-electron chi connectivity index (χ2n) is 1.34. The summed E-state index contributed by atoms with van der Waals surface area (Å²) in [5.74, 6) is 0. The normalized spacial score (nSPS) is 18.7. The van der Waals surface area contributed by atoms with Crippen molar-refractivity contribution < 1.29 is 0 Å². The Kier molecular flexibility index (Phi) is 1.39. The average molecular weight is 95.2 g/mol. The zero-order valence-electron chi connectivity index (χ0n) is 3.65. The van der Waals surface area contributed by atoms with Crippen molar-refractivity contribution in [3.05, 3.63) is 12.2 Å². The third-order valence-electron chi connectivity index (χ3n) is 0.806. The summed E-state index contributed by atoms with van der Waals surface area (Å²) in [6.07, 6.45) is 5.67. The second kappa shape index (κ2) is 2.08. The number of allylic oxidation sites excluding steroid dienone is 2. The summed E-state index contributed by atoms with van der Waals surface area (Å²) in [7, 11) is 1.09.